The van der Waals surface area contributed by atoms with Crippen molar-refractivity contribution in [1.29, 1.82) is 0 Å². The number of hydrogen-bond donors (Lipinski definition) is 1. The summed E-state index contributed by atoms with van der Waals surface area (Å²) in [6.07, 6.45) is 6.00. The molecule has 3 aromatic rings. The van der Waals surface area contributed by atoms with Crippen LogP contribution in [0.1, 0.15) is 50.0 Å². The Morgan fingerprint density at radius 3 is 2.62 bits per heavy atom. The number of thiophene rings is 1. The van der Waals surface area contributed by atoms with Crippen LogP contribution in [0.15, 0.2) is 34.2 Å². The van der Waals surface area contributed by atoms with Gasteiger partial charge in [0.15, 0.2) is 5.16 Å². The Morgan fingerprint density at radius 2 is 1.94 bits per heavy atom. The predicted octanol–water partition coefficient (Wildman–Crippen LogP) is 4.73. The number of methoxy groups -OCH3 is 1. The molecule has 0 aliphatic heterocycles. The topological polar surface area (TPSA) is 73.2 Å². The van der Waals surface area contributed by atoms with E-state index in [9.17, 15) is 9.59 Å². The molecule has 4 rings (SSSR count). The first-order chi connectivity index (χ1) is 15.5. The van der Waals surface area contributed by atoms with Gasteiger partial charge in [0.05, 0.1) is 23.9 Å². The summed E-state index contributed by atoms with van der Waals surface area (Å²) in [7, 11) is 1.62. The number of hydrogen-bond acceptors (Lipinski definition) is 6. The van der Waals surface area contributed by atoms with Crippen LogP contribution in [-0.4, -0.2) is 34.4 Å². The van der Waals surface area contributed by atoms with Gasteiger partial charge in [-0.15, -0.1) is 11.3 Å². The quantitative estimate of drug-likeness (QED) is 0.380. The zero-order valence-corrected chi connectivity index (χ0v) is 20.4. The van der Waals surface area contributed by atoms with E-state index in [2.05, 4.69) is 19.2 Å². The van der Waals surface area contributed by atoms with E-state index in [1.165, 1.54) is 22.2 Å². The molecule has 1 amide bonds. The lowest BCUT2D eigenvalue weighted by Gasteiger charge is -2.16. The molecule has 6 nitrogen and oxygen atoms in total. The Bertz CT molecular complexity index is 1160. The summed E-state index contributed by atoms with van der Waals surface area (Å²) >= 11 is 2.94. The number of aromatic nitrogens is 2. The van der Waals surface area contributed by atoms with Crippen LogP contribution in [0.25, 0.3) is 15.9 Å². The lowest BCUT2D eigenvalue weighted by atomic mass is 9.97. The lowest BCUT2D eigenvalue weighted by Crippen LogP contribution is -2.35. The highest BCUT2D eigenvalue weighted by Gasteiger charge is 2.23. The monoisotopic (exact) mass is 471 g/mol. The smallest absolute Gasteiger partial charge is 0.267 e. The molecule has 0 saturated heterocycles. The van der Waals surface area contributed by atoms with E-state index < -0.39 is 0 Å². The molecule has 2 heterocycles. The van der Waals surface area contributed by atoms with Crippen molar-refractivity contribution in [1.82, 2.24) is 14.9 Å². The summed E-state index contributed by atoms with van der Waals surface area (Å²) < 4.78 is 6.93. The Labute approximate surface area is 196 Å². The third-order valence-corrected chi connectivity index (χ3v) is 8.10. The van der Waals surface area contributed by atoms with Crippen molar-refractivity contribution in [3.63, 3.8) is 0 Å². The third-order valence-electron chi connectivity index (χ3n) is 5.97. The number of carbonyl (C=O) groups excluding carboxylic acids is 1. The Morgan fingerprint density at radius 1 is 1.22 bits per heavy atom. The number of ether oxygens (including phenoxy) is 1. The van der Waals surface area contributed by atoms with E-state index in [0.29, 0.717) is 5.16 Å². The van der Waals surface area contributed by atoms with Gasteiger partial charge >= 0.3 is 0 Å². The number of aryl methyl sites for hydroxylation is 2. The highest BCUT2D eigenvalue weighted by atomic mass is 32.2. The van der Waals surface area contributed by atoms with Gasteiger partial charge in [-0.2, -0.15) is 0 Å². The SMILES string of the molecule is CCC(CC)NC(=O)CSc1nc2sc3c(c2c(=O)n1-c1ccc(OC)cc1)CCCC3. The fourth-order valence-electron chi connectivity index (χ4n) is 4.13. The van der Waals surface area contributed by atoms with E-state index in [0.717, 1.165) is 60.2 Å². The first-order valence-electron chi connectivity index (χ1n) is 11.2. The second-order valence-electron chi connectivity index (χ2n) is 7.99. The fourth-order valence-corrected chi connectivity index (χ4v) is 6.26. The molecule has 0 fully saturated rings. The number of fused-ring (bicyclic) bond motifs is 3. The van der Waals surface area contributed by atoms with Gasteiger partial charge in [-0.3, -0.25) is 14.2 Å². The fraction of sp³-hybridized carbons (Fsp3) is 0.458. The van der Waals surface area contributed by atoms with Crippen molar-refractivity contribution in [3.8, 4) is 11.4 Å². The van der Waals surface area contributed by atoms with Crippen LogP contribution in [0.4, 0.5) is 0 Å². The van der Waals surface area contributed by atoms with Gasteiger partial charge in [0.1, 0.15) is 10.6 Å². The molecule has 0 atom stereocenters. The minimum absolute atomic E-state index is 0.0372. The molecule has 1 aromatic carbocycles. The second-order valence-corrected chi connectivity index (χ2v) is 10.0. The molecule has 170 valence electrons. The number of carbonyl (C=O) groups is 1. The van der Waals surface area contributed by atoms with Crippen molar-refractivity contribution in [3.05, 3.63) is 45.1 Å². The zero-order chi connectivity index (χ0) is 22.7. The zero-order valence-electron chi connectivity index (χ0n) is 18.8. The minimum atomic E-state index is -0.0533. The van der Waals surface area contributed by atoms with Crippen LogP contribution in [0, 0.1) is 0 Å². The molecular formula is C24H29N3O3S2. The largest absolute Gasteiger partial charge is 0.497 e. The lowest BCUT2D eigenvalue weighted by molar-refractivity contribution is -0.119. The van der Waals surface area contributed by atoms with Crippen molar-refractivity contribution in [2.45, 2.75) is 63.6 Å². The summed E-state index contributed by atoms with van der Waals surface area (Å²) in [5, 5.41) is 4.35. The average molecular weight is 472 g/mol. The van der Waals surface area contributed by atoms with Crippen LogP contribution in [-0.2, 0) is 17.6 Å². The molecule has 2 aromatic heterocycles. The molecule has 1 N–H and O–H groups in total. The number of benzene rings is 1. The summed E-state index contributed by atoms with van der Waals surface area (Å²) in [5.41, 5.74) is 1.84. The standard InChI is InChI=1S/C24H29N3O3S2/c1-4-15(5-2)25-20(28)14-31-24-26-22-21(18-8-6-7-9-19(18)32-22)23(29)27(24)16-10-12-17(30-3)13-11-16/h10-13,15H,4-9,14H2,1-3H3,(H,25,28). The Balaban J connectivity index is 1.75. The van der Waals surface area contributed by atoms with Crippen molar-refractivity contribution in [2.24, 2.45) is 0 Å². The minimum Gasteiger partial charge on any atom is -0.497 e. The van der Waals surface area contributed by atoms with Gasteiger partial charge < -0.3 is 10.1 Å². The second kappa shape index (κ2) is 10.1. The molecule has 0 saturated carbocycles. The molecule has 1 aliphatic carbocycles. The molecule has 32 heavy (non-hydrogen) atoms. The van der Waals surface area contributed by atoms with Gasteiger partial charge in [0.25, 0.3) is 5.56 Å². The van der Waals surface area contributed by atoms with E-state index in [4.69, 9.17) is 9.72 Å². The van der Waals surface area contributed by atoms with E-state index >= 15 is 0 Å². The van der Waals surface area contributed by atoms with E-state index in [1.807, 2.05) is 24.3 Å². The van der Waals surface area contributed by atoms with Crippen LogP contribution >= 0.6 is 23.1 Å². The van der Waals surface area contributed by atoms with Crippen LogP contribution in [0.3, 0.4) is 0 Å². The third kappa shape index (κ3) is 4.57. The Kier molecular flexibility index (Phi) is 7.20. The molecule has 1 aliphatic rings. The van der Waals surface area contributed by atoms with E-state index in [1.54, 1.807) is 23.0 Å². The van der Waals surface area contributed by atoms with Gasteiger partial charge in [-0.25, -0.2) is 4.98 Å². The van der Waals surface area contributed by atoms with Crippen molar-refractivity contribution >= 4 is 39.2 Å². The van der Waals surface area contributed by atoms with Crippen LogP contribution in [0.5, 0.6) is 5.75 Å². The molecule has 8 heteroatoms. The molecular weight excluding hydrogens is 442 g/mol. The number of nitrogens with one attached hydrogen (secondary N) is 1. The van der Waals surface area contributed by atoms with Crippen molar-refractivity contribution < 1.29 is 9.53 Å². The normalized spacial score (nSPS) is 13.4. The first kappa shape index (κ1) is 22.9. The summed E-state index contributed by atoms with van der Waals surface area (Å²) in [6.45, 7) is 4.13. The highest BCUT2D eigenvalue weighted by molar-refractivity contribution is 7.99. The average Bonchev–Trinajstić information content (AvgIpc) is 3.20. The van der Waals surface area contributed by atoms with Crippen LogP contribution < -0.4 is 15.6 Å². The van der Waals surface area contributed by atoms with Gasteiger partial charge in [-0.05, 0) is 68.4 Å². The maximum absolute atomic E-state index is 13.7. The summed E-state index contributed by atoms with van der Waals surface area (Å²) in [4.78, 5) is 33.2. The van der Waals surface area contributed by atoms with Crippen LogP contribution in [0.2, 0.25) is 0 Å². The maximum atomic E-state index is 13.7. The molecule has 0 unspecified atom stereocenters. The predicted molar refractivity (Wildman–Crippen MR) is 132 cm³/mol. The number of amides is 1. The Hall–Kier alpha value is -2.32. The maximum Gasteiger partial charge on any atom is 0.267 e. The van der Waals surface area contributed by atoms with E-state index in [-0.39, 0.29) is 23.3 Å². The highest BCUT2D eigenvalue weighted by Crippen LogP contribution is 2.35. The molecule has 0 radical (unpaired) electrons. The summed E-state index contributed by atoms with van der Waals surface area (Å²) in [6, 6.07) is 7.57. The van der Waals surface area contributed by atoms with Crippen molar-refractivity contribution in [2.75, 3.05) is 12.9 Å². The molecule has 0 bridgehead atoms. The number of rotatable bonds is 8. The molecule has 0 spiro atoms. The van der Waals surface area contributed by atoms with Gasteiger partial charge in [0, 0.05) is 10.9 Å². The van der Waals surface area contributed by atoms with Gasteiger partial charge in [-0.1, -0.05) is 25.6 Å². The first-order valence-corrected chi connectivity index (χ1v) is 13.0. The number of thioether (sulfide) groups is 1. The summed E-state index contributed by atoms with van der Waals surface area (Å²) in [5.74, 6) is 0.905. The van der Waals surface area contributed by atoms with Gasteiger partial charge in [0.2, 0.25) is 5.91 Å². The number of nitrogens with zero attached hydrogens (tertiary/aromatic N) is 2.